The monoisotopic (exact) mass is 200 g/mol. The van der Waals surface area contributed by atoms with E-state index in [9.17, 15) is 4.79 Å². The van der Waals surface area contributed by atoms with Crippen LogP contribution in [0.1, 0.15) is 5.56 Å². The first-order valence-electron chi connectivity index (χ1n) is 3.26. The molecule has 0 aromatic heterocycles. The Morgan fingerprint density at radius 1 is 1.25 bits per heavy atom. The van der Waals surface area contributed by atoms with Crippen molar-refractivity contribution in [1.29, 1.82) is 0 Å². The fraction of sp³-hybridized carbons (Fsp3) is 0. The molecule has 0 aliphatic carbocycles. The van der Waals surface area contributed by atoms with Crippen molar-refractivity contribution in [3.63, 3.8) is 0 Å². The molecule has 0 unspecified atom stereocenters. The molecule has 0 amide bonds. The fourth-order valence-electron chi connectivity index (χ4n) is 0.765. The summed E-state index contributed by atoms with van der Waals surface area (Å²) in [7, 11) is 0. The van der Waals surface area contributed by atoms with Crippen molar-refractivity contribution in [3.8, 4) is 0 Å². The van der Waals surface area contributed by atoms with Gasteiger partial charge in [-0.25, -0.2) is 0 Å². The molecule has 1 aromatic carbocycles. The minimum Gasteiger partial charge on any atom is -0.276 e. The highest BCUT2D eigenvalue weighted by atomic mass is 35.5. The molecule has 62 valence electrons. The molecular weight excluding hydrogens is 195 g/mol. The van der Waals surface area contributed by atoms with E-state index in [2.05, 4.69) is 6.58 Å². The minimum atomic E-state index is -0.544. The van der Waals surface area contributed by atoms with E-state index in [1.807, 2.05) is 0 Å². The number of carbonyl (C=O) groups excluding carboxylic acids is 1. The summed E-state index contributed by atoms with van der Waals surface area (Å²) in [5, 5.41) is 0.0749. The van der Waals surface area contributed by atoms with Gasteiger partial charge < -0.3 is 0 Å². The van der Waals surface area contributed by atoms with Crippen molar-refractivity contribution in [2.75, 3.05) is 0 Å². The molecule has 0 bridgehead atoms. The van der Waals surface area contributed by atoms with Crippen LogP contribution in [0.4, 0.5) is 0 Å². The van der Waals surface area contributed by atoms with E-state index in [0.717, 1.165) is 0 Å². The molecule has 1 rings (SSSR count). The largest absolute Gasteiger partial charge is 0.276 e. The minimum absolute atomic E-state index is 0.285. The van der Waals surface area contributed by atoms with E-state index in [0.29, 0.717) is 10.6 Å². The summed E-state index contributed by atoms with van der Waals surface area (Å²) in [6, 6.07) is 6.76. The average Bonchev–Trinajstić information content (AvgIpc) is 2.04. The van der Waals surface area contributed by atoms with Crippen LogP contribution in [0.5, 0.6) is 0 Å². The molecule has 0 fully saturated rings. The summed E-state index contributed by atoms with van der Waals surface area (Å²) in [4.78, 5) is 10.7. The Hall–Kier alpha value is -0.790. The lowest BCUT2D eigenvalue weighted by Gasteiger charge is -1.98. The Morgan fingerprint density at radius 3 is 2.17 bits per heavy atom. The predicted octanol–water partition coefficient (Wildman–Crippen LogP) is 3.12. The van der Waals surface area contributed by atoms with Gasteiger partial charge in [-0.1, -0.05) is 30.3 Å². The fourth-order valence-corrected chi connectivity index (χ4v) is 1.000. The Morgan fingerprint density at radius 2 is 1.75 bits per heavy atom. The van der Waals surface area contributed by atoms with Gasteiger partial charge in [0, 0.05) is 10.6 Å². The molecule has 1 aromatic rings. The van der Waals surface area contributed by atoms with Crippen LogP contribution >= 0.6 is 23.2 Å². The highest BCUT2D eigenvalue weighted by Gasteiger charge is 2.04. The predicted molar refractivity (Wildman–Crippen MR) is 51.3 cm³/mol. The van der Waals surface area contributed by atoms with Crippen molar-refractivity contribution >= 4 is 34.0 Å². The molecule has 3 heteroatoms. The summed E-state index contributed by atoms with van der Waals surface area (Å²) < 4.78 is 0. The summed E-state index contributed by atoms with van der Waals surface area (Å²) in [6.07, 6.45) is 0. The standard InChI is InChI=1S/C9H6Cl2O/c1-6(9(11)12)7-2-4-8(10)5-3-7/h2-5H,1H2. The van der Waals surface area contributed by atoms with Crippen LogP contribution in [0, 0.1) is 0 Å². The summed E-state index contributed by atoms with van der Waals surface area (Å²) in [5.41, 5.74) is 0.979. The van der Waals surface area contributed by atoms with E-state index in [-0.39, 0.29) is 5.57 Å². The molecule has 0 aliphatic rings. The summed E-state index contributed by atoms with van der Waals surface area (Å²) in [6.45, 7) is 3.53. The number of carbonyl (C=O) groups is 1. The smallest absolute Gasteiger partial charge is 0.252 e. The maximum atomic E-state index is 10.7. The normalized spacial score (nSPS) is 9.50. The first kappa shape index (κ1) is 9.30. The third-order valence-corrected chi connectivity index (χ3v) is 1.91. The molecule has 1 nitrogen and oxygen atoms in total. The van der Waals surface area contributed by atoms with Gasteiger partial charge in [0.15, 0.2) is 0 Å². The van der Waals surface area contributed by atoms with Crippen LogP contribution < -0.4 is 0 Å². The van der Waals surface area contributed by atoms with E-state index < -0.39 is 5.24 Å². The van der Waals surface area contributed by atoms with Gasteiger partial charge in [0.25, 0.3) is 5.24 Å². The third-order valence-electron chi connectivity index (χ3n) is 1.43. The first-order valence-corrected chi connectivity index (χ1v) is 4.01. The second-order valence-corrected chi connectivity index (χ2v) is 3.04. The van der Waals surface area contributed by atoms with Crippen LogP contribution in [0.2, 0.25) is 5.02 Å². The molecule has 0 saturated carbocycles. The van der Waals surface area contributed by atoms with Gasteiger partial charge >= 0.3 is 0 Å². The van der Waals surface area contributed by atoms with E-state index in [1.54, 1.807) is 24.3 Å². The number of hydrogen-bond acceptors (Lipinski definition) is 1. The maximum Gasteiger partial charge on any atom is 0.252 e. The molecular formula is C9H6Cl2O. The van der Waals surface area contributed by atoms with E-state index in [1.165, 1.54) is 0 Å². The van der Waals surface area contributed by atoms with Gasteiger partial charge in [-0.2, -0.15) is 0 Å². The molecule has 0 saturated heterocycles. The van der Waals surface area contributed by atoms with Gasteiger partial charge in [-0.05, 0) is 29.3 Å². The summed E-state index contributed by atoms with van der Waals surface area (Å²) >= 11 is 10.9. The molecule has 0 spiro atoms. The topological polar surface area (TPSA) is 17.1 Å². The molecule has 0 radical (unpaired) electrons. The Labute approximate surface area is 80.6 Å². The van der Waals surface area contributed by atoms with Gasteiger partial charge in [0.1, 0.15) is 0 Å². The number of rotatable bonds is 2. The van der Waals surface area contributed by atoms with Gasteiger partial charge in [-0.15, -0.1) is 0 Å². The van der Waals surface area contributed by atoms with Crippen LogP contribution in [-0.2, 0) is 4.79 Å². The van der Waals surface area contributed by atoms with E-state index >= 15 is 0 Å². The van der Waals surface area contributed by atoms with Crippen molar-refractivity contribution < 1.29 is 4.79 Å². The van der Waals surface area contributed by atoms with Crippen molar-refractivity contribution in [3.05, 3.63) is 41.4 Å². The zero-order valence-electron chi connectivity index (χ0n) is 6.18. The lowest BCUT2D eigenvalue weighted by atomic mass is 10.1. The molecule has 0 N–H and O–H groups in total. The molecule has 12 heavy (non-hydrogen) atoms. The Balaban J connectivity index is 2.98. The summed E-state index contributed by atoms with van der Waals surface area (Å²) in [5.74, 6) is 0. The second kappa shape index (κ2) is 3.74. The number of allylic oxidation sites excluding steroid dienone is 1. The Kier molecular flexibility index (Phi) is 2.90. The molecule has 0 atom stereocenters. The van der Waals surface area contributed by atoms with Crippen LogP contribution in [0.25, 0.3) is 5.57 Å². The average molecular weight is 201 g/mol. The van der Waals surface area contributed by atoms with Crippen LogP contribution in [0.15, 0.2) is 30.8 Å². The maximum absolute atomic E-state index is 10.7. The lowest BCUT2D eigenvalue weighted by molar-refractivity contribution is -0.106. The van der Waals surface area contributed by atoms with Crippen molar-refractivity contribution in [2.45, 2.75) is 0 Å². The van der Waals surface area contributed by atoms with Crippen LogP contribution in [0.3, 0.4) is 0 Å². The van der Waals surface area contributed by atoms with Gasteiger partial charge in [-0.3, -0.25) is 4.79 Å². The van der Waals surface area contributed by atoms with Gasteiger partial charge in [0.05, 0.1) is 0 Å². The Bertz CT molecular complexity index is 314. The zero-order chi connectivity index (χ0) is 9.14. The third kappa shape index (κ3) is 2.10. The SMILES string of the molecule is C=C(C(=O)Cl)c1ccc(Cl)cc1. The number of halogens is 2. The number of hydrogen-bond donors (Lipinski definition) is 0. The molecule has 0 heterocycles. The first-order chi connectivity index (χ1) is 5.61. The van der Waals surface area contributed by atoms with Crippen LogP contribution in [-0.4, -0.2) is 5.24 Å². The quantitative estimate of drug-likeness (QED) is 0.530. The lowest BCUT2D eigenvalue weighted by Crippen LogP contribution is -1.90. The van der Waals surface area contributed by atoms with Crippen molar-refractivity contribution in [2.24, 2.45) is 0 Å². The highest BCUT2D eigenvalue weighted by molar-refractivity contribution is 6.74. The number of benzene rings is 1. The molecule has 0 aliphatic heterocycles. The second-order valence-electron chi connectivity index (χ2n) is 2.26. The highest BCUT2D eigenvalue weighted by Crippen LogP contribution is 2.17. The van der Waals surface area contributed by atoms with Crippen molar-refractivity contribution in [1.82, 2.24) is 0 Å². The van der Waals surface area contributed by atoms with Gasteiger partial charge in [0.2, 0.25) is 0 Å². The van der Waals surface area contributed by atoms with E-state index in [4.69, 9.17) is 23.2 Å². The zero-order valence-corrected chi connectivity index (χ0v) is 7.69.